The highest BCUT2D eigenvalue weighted by Gasteiger charge is 2.09. The van der Waals surface area contributed by atoms with Crippen molar-refractivity contribution in [3.63, 3.8) is 0 Å². The molecule has 0 bridgehead atoms. The van der Waals surface area contributed by atoms with Gasteiger partial charge in [0, 0.05) is 17.1 Å². The van der Waals surface area contributed by atoms with E-state index in [0.29, 0.717) is 34.7 Å². The van der Waals surface area contributed by atoms with Gasteiger partial charge in [-0.15, -0.1) is 0 Å². The van der Waals surface area contributed by atoms with Gasteiger partial charge in [-0.2, -0.15) is 0 Å². The molecule has 3 nitrogen and oxygen atoms in total. The number of nitrogens with one attached hydrogen (secondary N) is 1. The van der Waals surface area contributed by atoms with E-state index in [-0.39, 0.29) is 5.82 Å². The lowest BCUT2D eigenvalue weighted by molar-refractivity contribution is 0.284. The van der Waals surface area contributed by atoms with Crippen molar-refractivity contribution >= 4 is 28.8 Å². The molecule has 3 aromatic rings. The first-order chi connectivity index (χ1) is 13.5. The van der Waals surface area contributed by atoms with Crippen molar-refractivity contribution in [2.45, 2.75) is 13.2 Å². The van der Waals surface area contributed by atoms with Gasteiger partial charge < -0.3 is 14.8 Å². The molecule has 0 saturated heterocycles. The fraction of sp³-hybridized carbons (Fsp3) is 0.136. The summed E-state index contributed by atoms with van der Waals surface area (Å²) in [7, 11) is 1.58. The molecule has 3 aromatic carbocycles. The minimum absolute atomic E-state index is 0.273. The van der Waals surface area contributed by atoms with Gasteiger partial charge in [0.2, 0.25) is 0 Å². The van der Waals surface area contributed by atoms with Gasteiger partial charge in [0.05, 0.1) is 7.11 Å². The first-order valence-electron chi connectivity index (χ1n) is 8.63. The molecule has 0 saturated carbocycles. The summed E-state index contributed by atoms with van der Waals surface area (Å²) >= 11 is 11.4. The van der Waals surface area contributed by atoms with Crippen LogP contribution in [0.2, 0.25) is 5.02 Å². The molecule has 144 valence electrons. The fourth-order valence-electron chi connectivity index (χ4n) is 2.56. The van der Waals surface area contributed by atoms with Crippen LogP contribution in [0.5, 0.6) is 11.5 Å². The van der Waals surface area contributed by atoms with Crippen LogP contribution in [-0.4, -0.2) is 12.1 Å². The van der Waals surface area contributed by atoms with E-state index < -0.39 is 0 Å². The van der Waals surface area contributed by atoms with Crippen LogP contribution in [0, 0.1) is 5.82 Å². The Bertz CT molecular complexity index is 946. The average molecular weight is 416 g/mol. The van der Waals surface area contributed by atoms with Gasteiger partial charge in [-0.3, -0.25) is 0 Å². The molecule has 0 aliphatic carbocycles. The zero-order valence-corrected chi connectivity index (χ0v) is 16.8. The largest absolute Gasteiger partial charge is 0.493 e. The molecule has 0 aliphatic rings. The Hall–Kier alpha value is -2.63. The number of ether oxygens (including phenoxy) is 2. The van der Waals surface area contributed by atoms with E-state index in [0.717, 1.165) is 16.7 Å². The van der Waals surface area contributed by atoms with Crippen LogP contribution < -0.4 is 14.8 Å². The Morgan fingerprint density at radius 1 is 0.964 bits per heavy atom. The predicted molar refractivity (Wildman–Crippen MR) is 114 cm³/mol. The molecule has 0 spiro atoms. The summed E-state index contributed by atoms with van der Waals surface area (Å²) < 4.78 is 24.2. The molecule has 1 N–H and O–H groups in total. The van der Waals surface area contributed by atoms with Gasteiger partial charge in [0.15, 0.2) is 11.5 Å². The molecule has 0 aliphatic heterocycles. The molecule has 0 heterocycles. The maximum absolute atomic E-state index is 13.0. The van der Waals surface area contributed by atoms with E-state index in [1.165, 1.54) is 12.1 Å². The number of thiocarbonyl (C=S) groups is 1. The zero-order valence-electron chi connectivity index (χ0n) is 15.2. The normalized spacial score (nSPS) is 10.4. The molecule has 0 radical (unpaired) electrons. The number of hydrogen-bond acceptors (Lipinski definition) is 3. The lowest BCUT2D eigenvalue weighted by Gasteiger charge is -2.14. The van der Waals surface area contributed by atoms with Crippen molar-refractivity contribution in [2.24, 2.45) is 0 Å². The second-order valence-electron chi connectivity index (χ2n) is 6.09. The third-order valence-corrected chi connectivity index (χ3v) is 4.73. The third kappa shape index (κ3) is 5.44. The number of halogens is 2. The highest BCUT2D eigenvalue weighted by atomic mass is 35.5. The SMILES string of the molecule is COc1cc(C(=S)NCc2ccc(Cl)cc2)ccc1OCc1ccc(F)cc1. The fourth-order valence-corrected chi connectivity index (χ4v) is 2.88. The maximum atomic E-state index is 13.0. The maximum Gasteiger partial charge on any atom is 0.161 e. The molecule has 0 aromatic heterocycles. The van der Waals surface area contributed by atoms with Crippen LogP contribution in [0.1, 0.15) is 16.7 Å². The summed E-state index contributed by atoms with van der Waals surface area (Å²) in [5.74, 6) is 0.900. The second-order valence-corrected chi connectivity index (χ2v) is 6.93. The number of methoxy groups -OCH3 is 1. The van der Waals surface area contributed by atoms with Crippen LogP contribution in [0.15, 0.2) is 66.7 Å². The lowest BCUT2D eigenvalue weighted by Crippen LogP contribution is -2.21. The summed E-state index contributed by atoms with van der Waals surface area (Å²) in [6.07, 6.45) is 0. The summed E-state index contributed by atoms with van der Waals surface area (Å²) in [6.45, 7) is 0.913. The Labute approximate surface area is 174 Å². The minimum Gasteiger partial charge on any atom is -0.493 e. The molecular weight excluding hydrogens is 397 g/mol. The van der Waals surface area contributed by atoms with E-state index >= 15 is 0 Å². The predicted octanol–water partition coefficient (Wildman–Crippen LogP) is 5.53. The van der Waals surface area contributed by atoms with Crippen molar-refractivity contribution in [3.05, 3.63) is 94.3 Å². The summed E-state index contributed by atoms with van der Waals surface area (Å²) in [5.41, 5.74) is 2.78. The smallest absolute Gasteiger partial charge is 0.161 e. The topological polar surface area (TPSA) is 30.5 Å². The lowest BCUT2D eigenvalue weighted by atomic mass is 10.1. The van der Waals surface area contributed by atoms with Crippen molar-refractivity contribution in [2.75, 3.05) is 7.11 Å². The van der Waals surface area contributed by atoms with Crippen LogP contribution >= 0.6 is 23.8 Å². The van der Waals surface area contributed by atoms with Crippen LogP contribution in [-0.2, 0) is 13.2 Å². The standard InChI is InChI=1S/C22H19ClFNO2S/c1-26-21-12-17(22(28)25-13-15-2-7-18(23)8-3-15)6-11-20(21)27-14-16-4-9-19(24)10-5-16/h2-12H,13-14H2,1H3,(H,25,28). The molecule has 6 heteroatoms. The van der Waals surface area contributed by atoms with E-state index in [4.69, 9.17) is 33.3 Å². The minimum atomic E-state index is -0.273. The van der Waals surface area contributed by atoms with Crippen molar-refractivity contribution in [3.8, 4) is 11.5 Å². The molecule has 28 heavy (non-hydrogen) atoms. The molecule has 0 atom stereocenters. The van der Waals surface area contributed by atoms with Gasteiger partial charge in [0.1, 0.15) is 17.4 Å². The summed E-state index contributed by atoms with van der Waals surface area (Å²) in [6, 6.07) is 19.3. The van der Waals surface area contributed by atoms with Gasteiger partial charge in [-0.05, 0) is 53.6 Å². The average Bonchev–Trinajstić information content (AvgIpc) is 2.72. The van der Waals surface area contributed by atoms with E-state index in [9.17, 15) is 4.39 Å². The molecule has 0 unspecified atom stereocenters. The Morgan fingerprint density at radius 2 is 1.64 bits per heavy atom. The van der Waals surface area contributed by atoms with E-state index in [1.807, 2.05) is 42.5 Å². The summed E-state index contributed by atoms with van der Waals surface area (Å²) in [4.78, 5) is 0.610. The monoisotopic (exact) mass is 415 g/mol. The Kier molecular flexibility index (Phi) is 6.85. The molecule has 0 amide bonds. The van der Waals surface area contributed by atoms with Gasteiger partial charge in [-0.1, -0.05) is 48.1 Å². The second kappa shape index (κ2) is 9.53. The van der Waals surface area contributed by atoms with Crippen molar-refractivity contribution < 1.29 is 13.9 Å². The zero-order chi connectivity index (χ0) is 19.9. The first kappa shape index (κ1) is 20.1. The van der Waals surface area contributed by atoms with Gasteiger partial charge >= 0.3 is 0 Å². The summed E-state index contributed by atoms with van der Waals surface area (Å²) in [5, 5.41) is 3.93. The Balaban J connectivity index is 1.63. The quantitative estimate of drug-likeness (QED) is 0.514. The first-order valence-corrected chi connectivity index (χ1v) is 9.41. The van der Waals surface area contributed by atoms with Crippen molar-refractivity contribution in [1.29, 1.82) is 0 Å². The Morgan fingerprint density at radius 3 is 2.32 bits per heavy atom. The number of rotatable bonds is 7. The van der Waals surface area contributed by atoms with Gasteiger partial charge in [-0.25, -0.2) is 4.39 Å². The van der Waals surface area contributed by atoms with Crippen LogP contribution in [0.4, 0.5) is 4.39 Å². The highest BCUT2D eigenvalue weighted by molar-refractivity contribution is 7.80. The highest BCUT2D eigenvalue weighted by Crippen LogP contribution is 2.29. The number of hydrogen-bond donors (Lipinski definition) is 1. The molecule has 3 rings (SSSR count). The van der Waals surface area contributed by atoms with Crippen LogP contribution in [0.3, 0.4) is 0 Å². The van der Waals surface area contributed by atoms with E-state index in [1.54, 1.807) is 19.2 Å². The third-order valence-electron chi connectivity index (χ3n) is 4.10. The van der Waals surface area contributed by atoms with E-state index in [2.05, 4.69) is 5.32 Å². The molecule has 0 fully saturated rings. The molecular formula is C22H19ClFNO2S. The number of benzene rings is 3. The van der Waals surface area contributed by atoms with Crippen LogP contribution in [0.25, 0.3) is 0 Å². The van der Waals surface area contributed by atoms with Crippen molar-refractivity contribution in [1.82, 2.24) is 5.32 Å². The van der Waals surface area contributed by atoms with Gasteiger partial charge in [0.25, 0.3) is 0 Å².